The van der Waals surface area contributed by atoms with Crippen molar-refractivity contribution in [3.05, 3.63) is 76.5 Å². The van der Waals surface area contributed by atoms with Gasteiger partial charge in [0.05, 0.1) is 27.8 Å². The van der Waals surface area contributed by atoms with Gasteiger partial charge < -0.3 is 14.3 Å². The van der Waals surface area contributed by atoms with Gasteiger partial charge >= 0.3 is 0 Å². The third kappa shape index (κ3) is 4.11. The molecule has 170 valence electrons. The van der Waals surface area contributed by atoms with Gasteiger partial charge in [-0.15, -0.1) is 0 Å². The summed E-state index contributed by atoms with van der Waals surface area (Å²) in [7, 11) is 0. The number of hydrogen-bond acceptors (Lipinski definition) is 8. The summed E-state index contributed by atoms with van der Waals surface area (Å²) in [4.78, 5) is 43.9. The van der Waals surface area contributed by atoms with E-state index in [1.807, 2.05) is 30.3 Å². The van der Waals surface area contributed by atoms with Crippen LogP contribution in [0.3, 0.4) is 0 Å². The number of thioether (sulfide) groups is 1. The summed E-state index contributed by atoms with van der Waals surface area (Å²) < 4.78 is 10.7. The van der Waals surface area contributed by atoms with E-state index < -0.39 is 5.91 Å². The van der Waals surface area contributed by atoms with Crippen LogP contribution in [0.25, 0.3) is 28.6 Å². The number of hydrogen-bond donors (Lipinski definition) is 1. The van der Waals surface area contributed by atoms with E-state index in [9.17, 15) is 14.4 Å². The van der Waals surface area contributed by atoms with E-state index in [0.29, 0.717) is 33.0 Å². The summed E-state index contributed by atoms with van der Waals surface area (Å²) in [5.41, 5.74) is 2.31. The number of carbonyl (C=O) groups excluding carboxylic acids is 3. The molecule has 4 heterocycles. The van der Waals surface area contributed by atoms with Crippen molar-refractivity contribution in [2.45, 2.75) is 6.92 Å². The third-order valence-corrected chi connectivity index (χ3v) is 6.13. The Labute approximate surface area is 197 Å². The number of carbonyl (C=O) groups is 3. The number of nitrogens with one attached hydrogen (secondary N) is 1. The molecule has 1 aromatic carbocycles. The SMILES string of the molecule is Cc1noc2nc(-c3ccco3)cc(C(=O)NCCN3C(=O)S/C(=C\c4ccccc4)C3=O)c12. The molecule has 1 fully saturated rings. The number of pyridine rings is 1. The van der Waals surface area contributed by atoms with Crippen molar-refractivity contribution in [3.63, 3.8) is 0 Å². The second kappa shape index (κ2) is 8.99. The number of aryl methyl sites for hydroxylation is 1. The second-order valence-electron chi connectivity index (χ2n) is 7.48. The minimum Gasteiger partial charge on any atom is -0.463 e. The van der Waals surface area contributed by atoms with Crippen LogP contribution in [0, 0.1) is 6.92 Å². The average Bonchev–Trinajstić information content (AvgIpc) is 3.56. The highest BCUT2D eigenvalue weighted by Gasteiger charge is 2.34. The Bertz CT molecular complexity index is 1430. The van der Waals surface area contributed by atoms with Crippen LogP contribution < -0.4 is 5.32 Å². The molecule has 1 N–H and O–H groups in total. The number of nitrogens with zero attached hydrogens (tertiary/aromatic N) is 3. The lowest BCUT2D eigenvalue weighted by molar-refractivity contribution is -0.122. The molecule has 0 saturated carbocycles. The Kier molecular flexibility index (Phi) is 5.72. The molecule has 0 aliphatic carbocycles. The Balaban J connectivity index is 1.30. The van der Waals surface area contributed by atoms with Gasteiger partial charge in [0.2, 0.25) is 0 Å². The number of fused-ring (bicyclic) bond motifs is 1. The van der Waals surface area contributed by atoms with E-state index >= 15 is 0 Å². The van der Waals surface area contributed by atoms with Crippen molar-refractivity contribution in [2.24, 2.45) is 0 Å². The number of benzene rings is 1. The van der Waals surface area contributed by atoms with Gasteiger partial charge in [0.15, 0.2) is 5.76 Å². The molecule has 1 aliphatic heterocycles. The van der Waals surface area contributed by atoms with Crippen molar-refractivity contribution in [1.82, 2.24) is 20.4 Å². The number of aromatic nitrogens is 2. The molecule has 3 amide bonds. The quantitative estimate of drug-likeness (QED) is 0.412. The summed E-state index contributed by atoms with van der Waals surface area (Å²) in [5.74, 6) is -0.305. The zero-order chi connectivity index (χ0) is 23.7. The van der Waals surface area contributed by atoms with Gasteiger partial charge in [-0.2, -0.15) is 0 Å². The maximum atomic E-state index is 13.0. The van der Waals surface area contributed by atoms with Crippen molar-refractivity contribution >= 4 is 46.0 Å². The van der Waals surface area contributed by atoms with Crippen molar-refractivity contribution in [1.29, 1.82) is 0 Å². The van der Waals surface area contributed by atoms with Crippen LogP contribution in [0.2, 0.25) is 0 Å². The lowest BCUT2D eigenvalue weighted by Gasteiger charge is -2.13. The molecule has 5 rings (SSSR count). The first-order valence-corrected chi connectivity index (χ1v) is 11.2. The maximum Gasteiger partial charge on any atom is 0.293 e. The first kappa shape index (κ1) is 21.7. The minimum atomic E-state index is -0.404. The zero-order valence-corrected chi connectivity index (χ0v) is 18.8. The van der Waals surface area contributed by atoms with E-state index in [1.54, 1.807) is 31.2 Å². The smallest absolute Gasteiger partial charge is 0.293 e. The van der Waals surface area contributed by atoms with E-state index in [-0.39, 0.29) is 29.9 Å². The van der Waals surface area contributed by atoms with Crippen LogP contribution in [-0.2, 0) is 4.79 Å². The first-order valence-electron chi connectivity index (χ1n) is 10.4. The van der Waals surface area contributed by atoms with Gasteiger partial charge in [-0.05, 0) is 48.5 Å². The second-order valence-corrected chi connectivity index (χ2v) is 8.47. The van der Waals surface area contributed by atoms with Gasteiger partial charge in [-0.1, -0.05) is 35.5 Å². The van der Waals surface area contributed by atoms with E-state index in [4.69, 9.17) is 8.94 Å². The van der Waals surface area contributed by atoms with Gasteiger partial charge in [0.25, 0.3) is 22.8 Å². The van der Waals surface area contributed by atoms with Crippen molar-refractivity contribution < 1.29 is 23.3 Å². The predicted octanol–water partition coefficient (Wildman–Crippen LogP) is 4.26. The first-order chi connectivity index (χ1) is 16.5. The number of imide groups is 1. The summed E-state index contributed by atoms with van der Waals surface area (Å²) in [5, 5.41) is 6.80. The molecule has 1 saturated heterocycles. The minimum absolute atomic E-state index is 0.0461. The molecule has 10 heteroatoms. The molecule has 0 spiro atoms. The molecule has 0 radical (unpaired) electrons. The highest BCUT2D eigenvalue weighted by Crippen LogP contribution is 2.32. The third-order valence-electron chi connectivity index (χ3n) is 5.23. The van der Waals surface area contributed by atoms with E-state index in [2.05, 4.69) is 15.5 Å². The summed E-state index contributed by atoms with van der Waals surface area (Å²) in [6.45, 7) is 1.85. The topological polar surface area (TPSA) is 119 Å². The molecule has 0 atom stereocenters. The molecule has 0 unspecified atom stereocenters. The Morgan fingerprint density at radius 3 is 2.76 bits per heavy atom. The van der Waals surface area contributed by atoms with Crippen LogP contribution in [0.15, 0.2) is 68.6 Å². The Morgan fingerprint density at radius 2 is 2.00 bits per heavy atom. The fraction of sp³-hybridized carbons (Fsp3) is 0.125. The standard InChI is InChI=1S/C24H18N4O5S/c1-14-20-16(13-17(18-8-5-11-32-18)26-22(20)33-27-14)21(29)25-9-10-28-23(30)19(34-24(28)31)12-15-6-3-2-4-7-15/h2-8,11-13H,9-10H2,1H3,(H,25,29)/b19-12-. The van der Waals surface area contributed by atoms with Gasteiger partial charge in [-0.3, -0.25) is 19.3 Å². The summed E-state index contributed by atoms with van der Waals surface area (Å²) in [6, 6.07) is 14.3. The van der Waals surface area contributed by atoms with E-state index in [1.165, 1.54) is 6.26 Å². The summed E-state index contributed by atoms with van der Waals surface area (Å²) >= 11 is 0.884. The van der Waals surface area contributed by atoms with Gasteiger partial charge in [-0.25, -0.2) is 4.98 Å². The van der Waals surface area contributed by atoms with Crippen LogP contribution in [0.4, 0.5) is 4.79 Å². The molecule has 4 aromatic rings. The highest BCUT2D eigenvalue weighted by molar-refractivity contribution is 8.18. The molecule has 1 aliphatic rings. The molecule has 9 nitrogen and oxygen atoms in total. The number of amides is 3. The number of furan rings is 1. The predicted molar refractivity (Wildman–Crippen MR) is 126 cm³/mol. The van der Waals surface area contributed by atoms with Crippen LogP contribution in [0.1, 0.15) is 21.6 Å². The molecule has 3 aromatic heterocycles. The van der Waals surface area contributed by atoms with Crippen LogP contribution in [0.5, 0.6) is 0 Å². The zero-order valence-electron chi connectivity index (χ0n) is 18.0. The fourth-order valence-corrected chi connectivity index (χ4v) is 4.46. The molecular formula is C24H18N4O5S. The molecule has 34 heavy (non-hydrogen) atoms. The number of rotatable bonds is 6. The normalized spacial score (nSPS) is 15.0. The van der Waals surface area contributed by atoms with Crippen molar-refractivity contribution in [2.75, 3.05) is 13.1 Å². The molecule has 0 bridgehead atoms. The Morgan fingerprint density at radius 1 is 1.18 bits per heavy atom. The van der Waals surface area contributed by atoms with Crippen LogP contribution >= 0.6 is 11.8 Å². The molecular weight excluding hydrogens is 456 g/mol. The Hall–Kier alpha value is -4.18. The summed E-state index contributed by atoms with van der Waals surface area (Å²) in [6.07, 6.45) is 3.19. The van der Waals surface area contributed by atoms with Gasteiger partial charge in [0, 0.05) is 13.1 Å². The fourth-order valence-electron chi connectivity index (χ4n) is 3.59. The monoisotopic (exact) mass is 474 g/mol. The lowest BCUT2D eigenvalue weighted by atomic mass is 10.1. The van der Waals surface area contributed by atoms with Crippen molar-refractivity contribution in [3.8, 4) is 11.5 Å². The van der Waals surface area contributed by atoms with E-state index in [0.717, 1.165) is 22.2 Å². The lowest BCUT2D eigenvalue weighted by Crippen LogP contribution is -2.37. The van der Waals surface area contributed by atoms with Crippen LogP contribution in [-0.4, -0.2) is 45.2 Å². The van der Waals surface area contributed by atoms with Gasteiger partial charge in [0.1, 0.15) is 5.69 Å². The maximum absolute atomic E-state index is 13.0. The largest absolute Gasteiger partial charge is 0.463 e. The highest BCUT2D eigenvalue weighted by atomic mass is 32.2. The average molecular weight is 474 g/mol.